The number of aromatic nitrogens is 2. The van der Waals surface area contributed by atoms with Gasteiger partial charge in [0.2, 0.25) is 5.91 Å². The van der Waals surface area contributed by atoms with E-state index in [1.54, 1.807) is 13.1 Å². The number of amides is 1. The van der Waals surface area contributed by atoms with Crippen LogP contribution < -0.4 is 5.73 Å². The lowest BCUT2D eigenvalue weighted by Crippen LogP contribution is -2.19. The molecule has 1 aromatic carbocycles. The van der Waals surface area contributed by atoms with Gasteiger partial charge >= 0.3 is 0 Å². The number of aryl methyl sites for hydroxylation is 1. The maximum atomic E-state index is 13.9. The number of carbonyl (C=O) groups excluding carboxylic acids is 1. The quantitative estimate of drug-likeness (QED) is 0.943. The highest BCUT2D eigenvalue weighted by Crippen LogP contribution is 2.34. The lowest BCUT2D eigenvalue weighted by atomic mass is 10.0. The molecule has 1 aliphatic rings. The van der Waals surface area contributed by atoms with E-state index < -0.39 is 23.5 Å². The van der Waals surface area contributed by atoms with Crippen molar-refractivity contribution in [3.05, 3.63) is 53.1 Å². The van der Waals surface area contributed by atoms with Gasteiger partial charge in [-0.15, -0.1) is 0 Å². The highest BCUT2D eigenvalue weighted by molar-refractivity contribution is 5.80. The summed E-state index contributed by atoms with van der Waals surface area (Å²) in [6.07, 6.45) is 3.03. The molecule has 2 atom stereocenters. The minimum atomic E-state index is -0.499. The van der Waals surface area contributed by atoms with Gasteiger partial charge in [0.15, 0.2) is 0 Å². The minimum absolute atomic E-state index is 0.294. The molecule has 110 valence electrons. The van der Waals surface area contributed by atoms with Gasteiger partial charge in [0.1, 0.15) is 17.5 Å². The molecule has 0 saturated carbocycles. The van der Waals surface area contributed by atoms with E-state index in [4.69, 9.17) is 5.73 Å². The van der Waals surface area contributed by atoms with Crippen LogP contribution in [-0.4, -0.2) is 15.5 Å². The van der Waals surface area contributed by atoms with Gasteiger partial charge in [-0.3, -0.25) is 4.79 Å². The van der Waals surface area contributed by atoms with Crippen molar-refractivity contribution in [2.24, 2.45) is 5.73 Å². The number of nitrogens with zero attached hydrogens (tertiary/aromatic N) is 2. The van der Waals surface area contributed by atoms with Crippen LogP contribution in [0.4, 0.5) is 8.78 Å². The Morgan fingerprint density at radius 3 is 2.95 bits per heavy atom. The number of hydrogen-bond donors (Lipinski definition) is 1. The van der Waals surface area contributed by atoms with Gasteiger partial charge in [-0.1, -0.05) is 0 Å². The summed E-state index contributed by atoms with van der Waals surface area (Å²) >= 11 is 0. The fraction of sp³-hybridized carbons (Fsp3) is 0.333. The third-order valence-corrected chi connectivity index (χ3v) is 3.99. The van der Waals surface area contributed by atoms with Crippen molar-refractivity contribution in [1.29, 1.82) is 0 Å². The van der Waals surface area contributed by atoms with Gasteiger partial charge in [0.05, 0.1) is 17.7 Å². The second-order valence-corrected chi connectivity index (χ2v) is 5.33. The van der Waals surface area contributed by atoms with Crippen LogP contribution in [0.15, 0.2) is 24.4 Å². The van der Waals surface area contributed by atoms with Crippen LogP contribution in [-0.2, 0) is 11.2 Å². The maximum absolute atomic E-state index is 13.9. The summed E-state index contributed by atoms with van der Waals surface area (Å²) in [7, 11) is 0. The van der Waals surface area contributed by atoms with Gasteiger partial charge in [0, 0.05) is 18.2 Å². The summed E-state index contributed by atoms with van der Waals surface area (Å²) in [5.41, 5.74) is 6.16. The Labute approximate surface area is 120 Å². The molecule has 1 aromatic heterocycles. The normalized spacial score (nSPS) is 18.5. The molecule has 1 unspecified atom stereocenters. The van der Waals surface area contributed by atoms with Gasteiger partial charge < -0.3 is 10.3 Å². The highest BCUT2D eigenvalue weighted by Gasteiger charge is 2.29. The molecule has 0 aliphatic carbocycles. The van der Waals surface area contributed by atoms with Crippen molar-refractivity contribution in [3.63, 3.8) is 0 Å². The zero-order valence-electron chi connectivity index (χ0n) is 11.5. The van der Waals surface area contributed by atoms with Crippen LogP contribution in [0, 0.1) is 11.6 Å². The molecular weight excluding hydrogens is 276 g/mol. The first-order valence-electron chi connectivity index (χ1n) is 6.79. The van der Waals surface area contributed by atoms with E-state index in [0.717, 1.165) is 18.0 Å². The topological polar surface area (TPSA) is 60.9 Å². The third kappa shape index (κ3) is 2.30. The SMILES string of the molecule is CC(C(N)=O)c1cn2c(n1)CC[C@@H]2c1cc(F)ccc1F. The van der Waals surface area contributed by atoms with Crippen LogP contribution in [0.5, 0.6) is 0 Å². The number of benzene rings is 1. The smallest absolute Gasteiger partial charge is 0.226 e. The summed E-state index contributed by atoms with van der Waals surface area (Å²) < 4.78 is 29.1. The Morgan fingerprint density at radius 2 is 2.24 bits per heavy atom. The van der Waals surface area contributed by atoms with Gasteiger partial charge in [-0.05, 0) is 31.5 Å². The van der Waals surface area contributed by atoms with E-state index >= 15 is 0 Å². The van der Waals surface area contributed by atoms with E-state index in [-0.39, 0.29) is 6.04 Å². The molecule has 0 bridgehead atoms. The maximum Gasteiger partial charge on any atom is 0.226 e. The number of imidazole rings is 1. The number of hydrogen-bond acceptors (Lipinski definition) is 2. The van der Waals surface area contributed by atoms with E-state index in [9.17, 15) is 13.6 Å². The van der Waals surface area contributed by atoms with Crippen LogP contribution in [0.3, 0.4) is 0 Å². The predicted octanol–water partition coefficient (Wildman–Crippen LogP) is 2.29. The monoisotopic (exact) mass is 291 g/mol. The molecule has 2 aromatic rings. The van der Waals surface area contributed by atoms with Crippen LogP contribution in [0.2, 0.25) is 0 Å². The average molecular weight is 291 g/mol. The molecule has 0 spiro atoms. The van der Waals surface area contributed by atoms with Crippen molar-refractivity contribution in [1.82, 2.24) is 9.55 Å². The Balaban J connectivity index is 2.00. The van der Waals surface area contributed by atoms with Crippen LogP contribution in [0.25, 0.3) is 0 Å². The average Bonchev–Trinajstić information content (AvgIpc) is 3.00. The zero-order valence-corrected chi connectivity index (χ0v) is 11.5. The Hall–Kier alpha value is -2.24. The summed E-state index contributed by atoms with van der Waals surface area (Å²) in [6, 6.07) is 3.15. The lowest BCUT2D eigenvalue weighted by molar-refractivity contribution is -0.119. The number of primary amides is 1. The molecule has 1 aliphatic heterocycles. The molecule has 21 heavy (non-hydrogen) atoms. The van der Waals surface area contributed by atoms with E-state index in [0.29, 0.717) is 24.1 Å². The molecule has 6 heteroatoms. The summed E-state index contributed by atoms with van der Waals surface area (Å²) in [5, 5.41) is 0. The predicted molar refractivity (Wildman–Crippen MR) is 72.7 cm³/mol. The van der Waals surface area contributed by atoms with Gasteiger partial charge in [0.25, 0.3) is 0 Å². The van der Waals surface area contributed by atoms with Crippen molar-refractivity contribution < 1.29 is 13.6 Å². The Bertz CT molecular complexity index is 711. The lowest BCUT2D eigenvalue weighted by Gasteiger charge is -2.14. The van der Waals surface area contributed by atoms with Gasteiger partial charge in [-0.2, -0.15) is 0 Å². The molecule has 1 amide bonds. The number of rotatable bonds is 3. The molecule has 0 saturated heterocycles. The van der Waals surface area contributed by atoms with Crippen LogP contribution >= 0.6 is 0 Å². The number of fused-ring (bicyclic) bond motifs is 1. The first kappa shape index (κ1) is 13.7. The number of carbonyl (C=O) groups is 1. The van der Waals surface area contributed by atoms with E-state index in [1.807, 2.05) is 4.57 Å². The van der Waals surface area contributed by atoms with E-state index in [1.165, 1.54) is 6.07 Å². The second-order valence-electron chi connectivity index (χ2n) is 5.33. The standard InChI is InChI=1S/C15H15F2N3O/c1-8(15(18)21)12-7-20-13(4-5-14(20)19-12)10-6-9(16)2-3-11(10)17/h2-3,6-8,13H,4-5H2,1H3,(H2,18,21)/t8?,13-/m1/s1. The van der Waals surface area contributed by atoms with Crippen molar-refractivity contribution in [2.75, 3.05) is 0 Å². The fourth-order valence-corrected chi connectivity index (χ4v) is 2.74. The molecule has 3 rings (SSSR count). The summed E-state index contributed by atoms with van der Waals surface area (Å²) in [5.74, 6) is -1.09. The minimum Gasteiger partial charge on any atom is -0.369 e. The Kier molecular flexibility index (Phi) is 3.23. The van der Waals surface area contributed by atoms with Crippen molar-refractivity contribution in [3.8, 4) is 0 Å². The molecule has 4 nitrogen and oxygen atoms in total. The highest BCUT2D eigenvalue weighted by atomic mass is 19.1. The largest absolute Gasteiger partial charge is 0.369 e. The fourth-order valence-electron chi connectivity index (χ4n) is 2.74. The molecule has 2 heterocycles. The first-order valence-corrected chi connectivity index (χ1v) is 6.79. The third-order valence-electron chi connectivity index (χ3n) is 3.99. The second kappa shape index (κ2) is 4.95. The molecular formula is C15H15F2N3O. The van der Waals surface area contributed by atoms with Crippen molar-refractivity contribution in [2.45, 2.75) is 31.7 Å². The van der Waals surface area contributed by atoms with E-state index in [2.05, 4.69) is 4.98 Å². The zero-order chi connectivity index (χ0) is 15.1. The first-order chi connectivity index (χ1) is 9.97. The molecule has 2 N–H and O–H groups in total. The van der Waals surface area contributed by atoms with Crippen molar-refractivity contribution >= 4 is 5.91 Å². The summed E-state index contributed by atoms with van der Waals surface area (Å²) in [4.78, 5) is 15.6. The van der Waals surface area contributed by atoms with Crippen LogP contribution in [0.1, 0.15) is 42.4 Å². The Morgan fingerprint density at radius 1 is 1.48 bits per heavy atom. The molecule has 0 radical (unpaired) electrons. The van der Waals surface area contributed by atoms with Gasteiger partial charge in [-0.25, -0.2) is 13.8 Å². The number of nitrogens with two attached hydrogens (primary N) is 1. The number of halogens is 2. The summed E-state index contributed by atoms with van der Waals surface area (Å²) in [6.45, 7) is 1.68. The molecule has 0 fully saturated rings.